The fourth-order valence-electron chi connectivity index (χ4n) is 2.40. The number of ketones is 1. The third-order valence-corrected chi connectivity index (χ3v) is 3.69. The third kappa shape index (κ3) is 4.11. The van der Waals surface area contributed by atoms with Crippen molar-refractivity contribution in [2.75, 3.05) is 13.2 Å². The van der Waals surface area contributed by atoms with Crippen LogP contribution in [0.25, 0.3) is 0 Å². The molecule has 5 heteroatoms. The van der Waals surface area contributed by atoms with Gasteiger partial charge in [0.05, 0.1) is 6.61 Å². The van der Waals surface area contributed by atoms with Crippen LogP contribution in [0.4, 0.5) is 4.39 Å². The molecule has 0 aromatic heterocycles. The Morgan fingerprint density at radius 1 is 1.43 bits per heavy atom. The number of rotatable bonds is 7. The minimum absolute atomic E-state index is 0.0749. The molecule has 1 fully saturated rings. The van der Waals surface area contributed by atoms with E-state index in [1.807, 2.05) is 0 Å². The fraction of sp³-hybridized carbons (Fsp3) is 0.500. The van der Waals surface area contributed by atoms with Crippen LogP contribution in [0.2, 0.25) is 0 Å². The summed E-state index contributed by atoms with van der Waals surface area (Å²) in [6, 6.07) is 5.72. The van der Waals surface area contributed by atoms with Crippen LogP contribution in [0, 0.1) is 11.7 Å². The number of benzene rings is 1. The van der Waals surface area contributed by atoms with Gasteiger partial charge in [0.15, 0.2) is 5.78 Å². The highest BCUT2D eigenvalue weighted by atomic mass is 19.1. The number of carbonyl (C=O) groups excluding carboxylic acids is 2. The summed E-state index contributed by atoms with van der Waals surface area (Å²) in [5.41, 5.74) is 0.287. The maximum Gasteiger partial charge on any atom is 0.223 e. The van der Waals surface area contributed by atoms with Crippen molar-refractivity contribution in [2.24, 2.45) is 5.92 Å². The van der Waals surface area contributed by atoms with Gasteiger partial charge in [0.1, 0.15) is 5.82 Å². The Morgan fingerprint density at radius 2 is 2.14 bits per heavy atom. The summed E-state index contributed by atoms with van der Waals surface area (Å²) in [4.78, 5) is 26.1. The zero-order valence-electron chi connectivity index (χ0n) is 12.1. The lowest BCUT2D eigenvalue weighted by Crippen LogP contribution is -2.37. The Morgan fingerprint density at radius 3 is 2.71 bits per heavy atom. The number of aliphatic hydroxyl groups is 1. The van der Waals surface area contributed by atoms with Gasteiger partial charge < -0.3 is 10.0 Å². The van der Waals surface area contributed by atoms with E-state index in [1.165, 1.54) is 18.2 Å². The zero-order valence-corrected chi connectivity index (χ0v) is 12.1. The van der Waals surface area contributed by atoms with E-state index in [-0.39, 0.29) is 36.3 Å². The summed E-state index contributed by atoms with van der Waals surface area (Å²) in [7, 11) is 0. The van der Waals surface area contributed by atoms with Crippen LogP contribution in [0.1, 0.15) is 36.5 Å². The molecule has 1 aromatic rings. The van der Waals surface area contributed by atoms with Gasteiger partial charge in [0.25, 0.3) is 0 Å². The normalized spacial score (nSPS) is 15.6. The van der Waals surface area contributed by atoms with Gasteiger partial charge in [-0.05, 0) is 25.0 Å². The van der Waals surface area contributed by atoms with Crippen molar-refractivity contribution < 1.29 is 19.1 Å². The molecule has 0 heterocycles. The summed E-state index contributed by atoms with van der Waals surface area (Å²) in [6.07, 6.45) is 2.00. The van der Waals surface area contributed by atoms with Gasteiger partial charge in [-0.25, -0.2) is 4.39 Å². The first kappa shape index (κ1) is 15.6. The average Bonchev–Trinajstić information content (AvgIpc) is 3.28. The van der Waals surface area contributed by atoms with Crippen LogP contribution in [-0.2, 0) is 4.79 Å². The lowest BCUT2D eigenvalue weighted by atomic mass is 9.95. The molecular weight excluding hydrogens is 273 g/mol. The number of nitrogens with zero attached hydrogens (tertiary/aromatic N) is 1. The molecule has 1 aliphatic carbocycles. The van der Waals surface area contributed by atoms with Crippen LogP contribution in [0.5, 0.6) is 0 Å². The molecule has 21 heavy (non-hydrogen) atoms. The number of halogens is 1. The van der Waals surface area contributed by atoms with Gasteiger partial charge in [-0.1, -0.05) is 19.1 Å². The Kier molecular flexibility index (Phi) is 5.07. The van der Waals surface area contributed by atoms with Gasteiger partial charge in [-0.2, -0.15) is 0 Å². The van der Waals surface area contributed by atoms with E-state index >= 15 is 0 Å². The summed E-state index contributed by atoms with van der Waals surface area (Å²) < 4.78 is 13.1. The molecule has 0 spiro atoms. The van der Waals surface area contributed by atoms with Crippen LogP contribution in [0.15, 0.2) is 24.3 Å². The van der Waals surface area contributed by atoms with Crippen molar-refractivity contribution in [1.29, 1.82) is 0 Å². The Hall–Kier alpha value is -1.75. The first-order chi connectivity index (χ1) is 10.0. The first-order valence-electron chi connectivity index (χ1n) is 7.23. The quantitative estimate of drug-likeness (QED) is 0.782. The lowest BCUT2D eigenvalue weighted by Gasteiger charge is -2.22. The fourth-order valence-corrected chi connectivity index (χ4v) is 2.40. The van der Waals surface area contributed by atoms with E-state index in [2.05, 4.69) is 0 Å². The third-order valence-electron chi connectivity index (χ3n) is 3.69. The van der Waals surface area contributed by atoms with E-state index in [4.69, 9.17) is 5.11 Å². The van der Waals surface area contributed by atoms with E-state index in [0.29, 0.717) is 6.54 Å². The van der Waals surface area contributed by atoms with Crippen LogP contribution >= 0.6 is 0 Å². The molecule has 1 unspecified atom stereocenters. The van der Waals surface area contributed by atoms with Crippen LogP contribution < -0.4 is 0 Å². The largest absolute Gasteiger partial charge is 0.395 e. The van der Waals surface area contributed by atoms with E-state index in [9.17, 15) is 14.0 Å². The average molecular weight is 293 g/mol. The standard InChI is InChI=1S/C16H20FNO3/c1-11(16(21)12-3-2-4-13(17)10-12)9-15(20)18(7-8-19)14-5-6-14/h2-4,10-11,14,19H,5-9H2,1H3. The number of carbonyl (C=O) groups is 2. The second-order valence-corrected chi connectivity index (χ2v) is 5.52. The highest BCUT2D eigenvalue weighted by molar-refractivity contribution is 5.99. The van der Waals surface area contributed by atoms with Crippen LogP contribution in [-0.4, -0.2) is 40.9 Å². The van der Waals surface area contributed by atoms with Gasteiger partial charge in [-0.3, -0.25) is 9.59 Å². The monoisotopic (exact) mass is 293 g/mol. The predicted octanol–water partition coefficient (Wildman–Crippen LogP) is 2.02. The van der Waals surface area contributed by atoms with Gasteiger partial charge >= 0.3 is 0 Å². The maximum atomic E-state index is 13.1. The molecule has 1 N–H and O–H groups in total. The highest BCUT2D eigenvalue weighted by Gasteiger charge is 2.33. The molecule has 1 aliphatic rings. The second-order valence-electron chi connectivity index (χ2n) is 5.52. The highest BCUT2D eigenvalue weighted by Crippen LogP contribution is 2.28. The van der Waals surface area contributed by atoms with Crippen molar-refractivity contribution in [3.8, 4) is 0 Å². The van der Waals surface area contributed by atoms with E-state index in [1.54, 1.807) is 17.9 Å². The van der Waals surface area contributed by atoms with Crippen molar-refractivity contribution in [1.82, 2.24) is 4.90 Å². The van der Waals surface area contributed by atoms with E-state index in [0.717, 1.165) is 12.8 Å². The molecule has 0 aliphatic heterocycles. The van der Waals surface area contributed by atoms with Gasteiger partial charge in [-0.15, -0.1) is 0 Å². The Balaban J connectivity index is 1.98. The summed E-state index contributed by atoms with van der Waals surface area (Å²) >= 11 is 0. The number of hydrogen-bond acceptors (Lipinski definition) is 3. The van der Waals surface area contributed by atoms with Gasteiger partial charge in [0, 0.05) is 30.5 Å². The molecule has 0 saturated heterocycles. The van der Waals surface area contributed by atoms with Crippen molar-refractivity contribution in [3.63, 3.8) is 0 Å². The van der Waals surface area contributed by atoms with Crippen molar-refractivity contribution in [2.45, 2.75) is 32.2 Å². The summed E-state index contributed by atoms with van der Waals surface area (Å²) in [5.74, 6) is -1.31. The molecule has 4 nitrogen and oxygen atoms in total. The maximum absolute atomic E-state index is 13.1. The molecule has 0 radical (unpaired) electrons. The SMILES string of the molecule is CC(CC(=O)N(CCO)C1CC1)C(=O)c1cccc(F)c1. The molecule has 0 bridgehead atoms. The topological polar surface area (TPSA) is 57.6 Å². The molecule has 1 atom stereocenters. The number of amides is 1. The number of Topliss-reactive ketones (excluding diaryl/α,β-unsaturated/α-hetero) is 1. The smallest absolute Gasteiger partial charge is 0.223 e. The lowest BCUT2D eigenvalue weighted by molar-refractivity contribution is -0.132. The molecule has 2 rings (SSSR count). The molecule has 114 valence electrons. The molecular formula is C16H20FNO3. The summed E-state index contributed by atoms with van der Waals surface area (Å²) in [6.45, 7) is 1.91. The number of aliphatic hydroxyl groups excluding tert-OH is 1. The molecule has 1 saturated carbocycles. The second kappa shape index (κ2) is 6.80. The Bertz CT molecular complexity index is 528. The van der Waals surface area contributed by atoms with Crippen molar-refractivity contribution in [3.05, 3.63) is 35.6 Å². The van der Waals surface area contributed by atoms with E-state index < -0.39 is 11.7 Å². The molecule has 1 aromatic carbocycles. The predicted molar refractivity (Wildman–Crippen MR) is 76.3 cm³/mol. The minimum atomic E-state index is -0.501. The zero-order chi connectivity index (χ0) is 15.4. The minimum Gasteiger partial charge on any atom is -0.395 e. The summed E-state index contributed by atoms with van der Waals surface area (Å²) in [5, 5.41) is 9.01. The number of hydrogen-bond donors (Lipinski definition) is 1. The van der Waals surface area contributed by atoms with Crippen molar-refractivity contribution >= 4 is 11.7 Å². The molecule has 1 amide bonds. The van der Waals surface area contributed by atoms with Crippen LogP contribution in [0.3, 0.4) is 0 Å². The first-order valence-corrected chi connectivity index (χ1v) is 7.23. The van der Waals surface area contributed by atoms with Gasteiger partial charge in [0.2, 0.25) is 5.91 Å². The Labute approximate surface area is 123 Å².